The van der Waals surface area contributed by atoms with Gasteiger partial charge in [-0.1, -0.05) is 0 Å². The van der Waals surface area contributed by atoms with Crippen molar-refractivity contribution in [3.63, 3.8) is 0 Å². The second kappa shape index (κ2) is 5.19. The smallest absolute Gasteiger partial charge is 0.264 e. The molecule has 1 unspecified atom stereocenters. The van der Waals surface area contributed by atoms with Crippen LogP contribution < -0.4 is 0 Å². The zero-order valence-electron chi connectivity index (χ0n) is 9.00. The normalized spacial score (nSPS) is 21.2. The number of carbonyl (C=O) groups excluding carboxylic acids is 1. The van der Waals surface area contributed by atoms with Crippen molar-refractivity contribution in [2.75, 3.05) is 6.54 Å². The van der Waals surface area contributed by atoms with Gasteiger partial charge in [0, 0.05) is 17.1 Å². The molecule has 1 amide bonds. The van der Waals surface area contributed by atoms with Gasteiger partial charge in [0.2, 0.25) is 0 Å². The van der Waals surface area contributed by atoms with Gasteiger partial charge >= 0.3 is 0 Å². The fraction of sp³-hybridized carbons (Fsp3) is 0.545. The minimum absolute atomic E-state index is 0.170. The number of amides is 1. The number of rotatable bonds is 1. The molecule has 0 bridgehead atoms. The van der Waals surface area contributed by atoms with Crippen LogP contribution in [-0.2, 0) is 0 Å². The van der Waals surface area contributed by atoms with Gasteiger partial charge in [0.25, 0.3) is 5.91 Å². The first kappa shape index (κ1) is 12.6. The lowest BCUT2D eigenvalue weighted by molar-refractivity contribution is 0.0640. The molecule has 16 heavy (non-hydrogen) atoms. The van der Waals surface area contributed by atoms with Crippen LogP contribution in [0.25, 0.3) is 0 Å². The quantitative estimate of drug-likeness (QED) is 0.726. The summed E-state index contributed by atoms with van der Waals surface area (Å²) < 4.78 is 1.95. The number of halogens is 2. The topological polar surface area (TPSA) is 20.3 Å². The van der Waals surface area contributed by atoms with E-state index < -0.39 is 0 Å². The summed E-state index contributed by atoms with van der Waals surface area (Å²) in [6.45, 7) is 3.03. The predicted molar refractivity (Wildman–Crippen MR) is 74.1 cm³/mol. The molecule has 0 saturated carbocycles. The Morgan fingerprint density at radius 1 is 1.50 bits per heavy atom. The number of hydrogen-bond acceptors (Lipinski definition) is 2. The van der Waals surface area contributed by atoms with Crippen molar-refractivity contribution in [3.05, 3.63) is 19.2 Å². The predicted octanol–water partition coefficient (Wildman–Crippen LogP) is 4.29. The molecule has 1 atom stereocenters. The maximum Gasteiger partial charge on any atom is 0.264 e. The van der Waals surface area contributed by atoms with Gasteiger partial charge in [0.15, 0.2) is 0 Å². The van der Waals surface area contributed by atoms with Gasteiger partial charge in [-0.3, -0.25) is 4.79 Å². The second-order valence-corrected chi connectivity index (χ2v) is 7.30. The van der Waals surface area contributed by atoms with Crippen molar-refractivity contribution >= 4 is 49.1 Å². The Labute approximate surface area is 116 Å². The average Bonchev–Trinajstić information content (AvgIpc) is 2.59. The number of likely N-dealkylation sites (tertiary alicyclic amines) is 1. The molecule has 1 aliphatic rings. The fourth-order valence-corrected chi connectivity index (χ4v) is 3.99. The Hall–Kier alpha value is 0.130. The highest BCUT2D eigenvalue weighted by molar-refractivity contribution is 9.13. The van der Waals surface area contributed by atoms with Crippen LogP contribution in [0, 0.1) is 0 Å². The highest BCUT2D eigenvalue weighted by Gasteiger charge is 2.25. The van der Waals surface area contributed by atoms with Crippen LogP contribution in [0.4, 0.5) is 0 Å². The van der Waals surface area contributed by atoms with E-state index >= 15 is 0 Å². The summed E-state index contributed by atoms with van der Waals surface area (Å²) in [5, 5.41) is 0. The zero-order chi connectivity index (χ0) is 11.7. The van der Waals surface area contributed by atoms with E-state index in [0.717, 1.165) is 32.5 Å². The molecule has 0 radical (unpaired) electrons. The molecule has 0 aromatic carbocycles. The molecule has 1 fully saturated rings. The lowest BCUT2D eigenvalue weighted by Gasteiger charge is -2.33. The SMILES string of the molecule is CC1CCCCN1C(=O)c1cc(Br)c(Br)s1. The van der Waals surface area contributed by atoms with E-state index in [4.69, 9.17) is 0 Å². The third-order valence-corrected chi connectivity index (χ3v) is 6.16. The molecule has 1 aromatic rings. The maximum atomic E-state index is 12.3. The lowest BCUT2D eigenvalue weighted by atomic mass is 10.0. The second-order valence-electron chi connectivity index (χ2n) is 4.08. The van der Waals surface area contributed by atoms with Crippen LogP contribution in [-0.4, -0.2) is 23.4 Å². The molecule has 2 nitrogen and oxygen atoms in total. The highest BCUT2D eigenvalue weighted by Crippen LogP contribution is 2.33. The zero-order valence-corrected chi connectivity index (χ0v) is 13.0. The molecule has 1 saturated heterocycles. The van der Waals surface area contributed by atoms with Gasteiger partial charge in [0.05, 0.1) is 8.66 Å². The summed E-state index contributed by atoms with van der Waals surface area (Å²) in [7, 11) is 0. The number of thiophene rings is 1. The Balaban J connectivity index is 2.17. The van der Waals surface area contributed by atoms with Crippen molar-refractivity contribution in [2.45, 2.75) is 32.2 Å². The summed E-state index contributed by atoms with van der Waals surface area (Å²) in [4.78, 5) is 15.1. The average molecular weight is 367 g/mol. The van der Waals surface area contributed by atoms with Crippen LogP contribution in [0.3, 0.4) is 0 Å². The Bertz CT molecular complexity index is 385. The van der Waals surface area contributed by atoms with Crippen LogP contribution in [0.15, 0.2) is 14.3 Å². The summed E-state index contributed by atoms with van der Waals surface area (Å²) in [6, 6.07) is 2.28. The van der Waals surface area contributed by atoms with Crippen LogP contribution >= 0.6 is 43.2 Å². The highest BCUT2D eigenvalue weighted by atomic mass is 79.9. The van der Waals surface area contributed by atoms with E-state index in [1.165, 1.54) is 17.8 Å². The Morgan fingerprint density at radius 3 is 2.81 bits per heavy atom. The van der Waals surface area contributed by atoms with Crippen molar-refractivity contribution in [2.24, 2.45) is 0 Å². The maximum absolute atomic E-state index is 12.3. The number of piperidine rings is 1. The summed E-state index contributed by atoms with van der Waals surface area (Å²) >= 11 is 8.34. The largest absolute Gasteiger partial charge is 0.335 e. The third-order valence-electron chi connectivity index (χ3n) is 2.92. The number of hydrogen-bond donors (Lipinski definition) is 0. The van der Waals surface area contributed by atoms with E-state index in [-0.39, 0.29) is 5.91 Å². The molecule has 1 aliphatic heterocycles. The minimum Gasteiger partial charge on any atom is -0.335 e. The van der Waals surface area contributed by atoms with Crippen molar-refractivity contribution < 1.29 is 4.79 Å². The monoisotopic (exact) mass is 365 g/mol. The van der Waals surface area contributed by atoms with Gasteiger partial charge in [-0.2, -0.15) is 0 Å². The van der Waals surface area contributed by atoms with Gasteiger partial charge < -0.3 is 4.90 Å². The molecule has 2 heterocycles. The molecular formula is C11H13Br2NOS. The molecule has 1 aromatic heterocycles. The Kier molecular flexibility index (Phi) is 4.08. The van der Waals surface area contributed by atoms with E-state index in [0.29, 0.717) is 6.04 Å². The van der Waals surface area contributed by atoms with E-state index in [2.05, 4.69) is 38.8 Å². The van der Waals surface area contributed by atoms with Crippen molar-refractivity contribution in [3.8, 4) is 0 Å². The molecular weight excluding hydrogens is 354 g/mol. The first-order chi connectivity index (χ1) is 7.59. The molecule has 2 rings (SSSR count). The van der Waals surface area contributed by atoms with Crippen molar-refractivity contribution in [1.82, 2.24) is 4.90 Å². The molecule has 0 aliphatic carbocycles. The first-order valence-electron chi connectivity index (χ1n) is 5.35. The lowest BCUT2D eigenvalue weighted by Crippen LogP contribution is -2.41. The molecule has 5 heteroatoms. The molecule has 0 spiro atoms. The van der Waals surface area contributed by atoms with Crippen LogP contribution in [0.2, 0.25) is 0 Å². The number of nitrogens with zero attached hydrogens (tertiary/aromatic N) is 1. The van der Waals surface area contributed by atoms with Crippen molar-refractivity contribution in [1.29, 1.82) is 0 Å². The summed E-state index contributed by atoms with van der Waals surface area (Å²) in [5.41, 5.74) is 0. The van der Waals surface area contributed by atoms with Gasteiger partial charge in [-0.05, 0) is 64.1 Å². The third kappa shape index (κ3) is 2.51. The van der Waals surface area contributed by atoms with Gasteiger partial charge in [-0.25, -0.2) is 0 Å². The first-order valence-corrected chi connectivity index (χ1v) is 7.75. The van der Waals surface area contributed by atoms with Crippen LogP contribution in [0.5, 0.6) is 0 Å². The minimum atomic E-state index is 0.170. The van der Waals surface area contributed by atoms with E-state index in [1.807, 2.05) is 11.0 Å². The van der Waals surface area contributed by atoms with Gasteiger partial charge in [0.1, 0.15) is 0 Å². The fourth-order valence-electron chi connectivity index (χ4n) is 1.99. The van der Waals surface area contributed by atoms with E-state index in [9.17, 15) is 4.79 Å². The molecule has 88 valence electrons. The summed E-state index contributed by atoms with van der Waals surface area (Å²) in [6.07, 6.45) is 3.49. The Morgan fingerprint density at radius 2 is 2.25 bits per heavy atom. The number of carbonyl (C=O) groups is 1. The van der Waals surface area contributed by atoms with E-state index in [1.54, 1.807) is 0 Å². The molecule has 0 N–H and O–H groups in total. The summed E-state index contributed by atoms with van der Waals surface area (Å²) in [5.74, 6) is 0.170. The van der Waals surface area contributed by atoms with Gasteiger partial charge in [-0.15, -0.1) is 11.3 Å². The van der Waals surface area contributed by atoms with Crippen LogP contribution in [0.1, 0.15) is 35.9 Å². The standard InChI is InChI=1S/C11H13Br2NOS/c1-7-4-2-3-5-14(7)11(15)9-6-8(12)10(13)16-9/h6-7H,2-5H2,1H3.